The van der Waals surface area contributed by atoms with Gasteiger partial charge in [-0.3, -0.25) is 4.79 Å². The molecule has 1 atom stereocenters. The van der Waals surface area contributed by atoms with Crippen LogP contribution >= 0.6 is 0 Å². The van der Waals surface area contributed by atoms with E-state index in [9.17, 15) is 4.79 Å². The van der Waals surface area contributed by atoms with Crippen molar-refractivity contribution in [3.63, 3.8) is 0 Å². The molecule has 0 aliphatic rings. The van der Waals surface area contributed by atoms with E-state index in [0.29, 0.717) is 18.9 Å². The lowest BCUT2D eigenvalue weighted by molar-refractivity contribution is -0.145. The van der Waals surface area contributed by atoms with Crippen LogP contribution in [0, 0.1) is 11.8 Å². The van der Waals surface area contributed by atoms with Crippen molar-refractivity contribution in [1.82, 2.24) is 0 Å². The van der Waals surface area contributed by atoms with E-state index in [-0.39, 0.29) is 5.97 Å². The lowest BCUT2D eigenvalue weighted by Crippen LogP contribution is -2.14. The van der Waals surface area contributed by atoms with E-state index in [4.69, 9.17) is 4.74 Å². The summed E-state index contributed by atoms with van der Waals surface area (Å²) in [4.78, 5) is 12.3. The van der Waals surface area contributed by atoms with E-state index in [1.807, 2.05) is 0 Å². The topological polar surface area (TPSA) is 26.3 Å². The van der Waals surface area contributed by atoms with E-state index >= 15 is 0 Å². The molecule has 0 radical (unpaired) electrons. The maximum atomic E-state index is 12.3. The van der Waals surface area contributed by atoms with Crippen LogP contribution in [0.15, 0.2) is 0 Å². The van der Waals surface area contributed by atoms with Crippen molar-refractivity contribution in [2.24, 2.45) is 11.8 Å². The fourth-order valence-corrected chi connectivity index (χ4v) is 4.73. The first kappa shape index (κ1) is 32.5. The van der Waals surface area contributed by atoms with Crippen molar-refractivity contribution in [1.29, 1.82) is 0 Å². The van der Waals surface area contributed by atoms with Crippen molar-refractivity contribution in [2.45, 2.75) is 175 Å². The number of rotatable bonds is 26. The van der Waals surface area contributed by atoms with Gasteiger partial charge >= 0.3 is 5.97 Å². The molecule has 1 unspecified atom stereocenters. The summed E-state index contributed by atoms with van der Waals surface area (Å²) < 4.78 is 5.74. The van der Waals surface area contributed by atoms with Gasteiger partial charge in [-0.15, -0.1) is 0 Å². The zero-order valence-corrected chi connectivity index (χ0v) is 23.4. The predicted octanol–water partition coefficient (Wildman–Crippen LogP) is 10.8. The van der Waals surface area contributed by atoms with E-state index in [1.165, 1.54) is 135 Å². The highest BCUT2D eigenvalue weighted by molar-refractivity contribution is 5.69. The average Bonchev–Trinajstić information content (AvgIpc) is 2.79. The maximum absolute atomic E-state index is 12.3. The molecule has 0 fully saturated rings. The Morgan fingerprint density at radius 3 is 1.39 bits per heavy atom. The fraction of sp³-hybridized carbons (Fsp3) is 0.968. The smallest absolute Gasteiger partial charge is 0.305 e. The number of esters is 1. The molecular formula is C31H62O2. The van der Waals surface area contributed by atoms with Gasteiger partial charge in [0.2, 0.25) is 0 Å². The average molecular weight is 467 g/mol. The van der Waals surface area contributed by atoms with Crippen molar-refractivity contribution in [2.75, 3.05) is 6.61 Å². The van der Waals surface area contributed by atoms with E-state index < -0.39 is 0 Å². The van der Waals surface area contributed by atoms with Gasteiger partial charge in [0.25, 0.3) is 0 Å². The number of ether oxygens (including phenoxy) is 1. The zero-order valence-electron chi connectivity index (χ0n) is 23.4. The summed E-state index contributed by atoms with van der Waals surface area (Å²) in [7, 11) is 0. The van der Waals surface area contributed by atoms with Crippen molar-refractivity contribution < 1.29 is 9.53 Å². The molecule has 33 heavy (non-hydrogen) atoms. The quantitative estimate of drug-likeness (QED) is 0.0935. The summed E-state index contributed by atoms with van der Waals surface area (Å²) in [6.07, 6.45) is 29.5. The number of hydrogen-bond acceptors (Lipinski definition) is 2. The van der Waals surface area contributed by atoms with Gasteiger partial charge in [0.15, 0.2) is 0 Å². The van der Waals surface area contributed by atoms with Crippen molar-refractivity contribution in [3.8, 4) is 0 Å². The maximum Gasteiger partial charge on any atom is 0.305 e. The van der Waals surface area contributed by atoms with Gasteiger partial charge in [-0.1, -0.05) is 150 Å². The van der Waals surface area contributed by atoms with Gasteiger partial charge in [-0.2, -0.15) is 0 Å². The summed E-state index contributed by atoms with van der Waals surface area (Å²) in [5, 5.41) is 0. The Bertz CT molecular complexity index is 390. The molecule has 0 N–H and O–H groups in total. The molecule has 0 aromatic carbocycles. The van der Waals surface area contributed by atoms with E-state index in [0.717, 1.165) is 12.3 Å². The Kier molecular flexibility index (Phi) is 25.7. The minimum Gasteiger partial charge on any atom is -0.465 e. The van der Waals surface area contributed by atoms with Gasteiger partial charge in [-0.25, -0.2) is 0 Å². The molecule has 0 bridgehead atoms. The molecular weight excluding hydrogens is 404 g/mol. The number of carbonyl (C=O) groups excluding carboxylic acids is 1. The van der Waals surface area contributed by atoms with Crippen molar-refractivity contribution in [3.05, 3.63) is 0 Å². The van der Waals surface area contributed by atoms with Gasteiger partial charge < -0.3 is 4.74 Å². The van der Waals surface area contributed by atoms with Gasteiger partial charge in [0.05, 0.1) is 6.61 Å². The first-order valence-electron chi connectivity index (χ1n) is 15.3. The molecule has 2 heteroatoms. The molecule has 0 amide bonds. The Morgan fingerprint density at radius 1 is 0.545 bits per heavy atom. The molecule has 0 aromatic rings. The number of carbonyl (C=O) groups is 1. The lowest BCUT2D eigenvalue weighted by Gasteiger charge is -2.17. The zero-order chi connectivity index (χ0) is 24.4. The van der Waals surface area contributed by atoms with Gasteiger partial charge in [0.1, 0.15) is 0 Å². The fourth-order valence-electron chi connectivity index (χ4n) is 4.73. The second-order valence-corrected chi connectivity index (χ2v) is 11.1. The molecule has 0 aliphatic heterocycles. The van der Waals surface area contributed by atoms with Crippen LogP contribution in [0.5, 0.6) is 0 Å². The second kappa shape index (κ2) is 26.1. The molecule has 0 rings (SSSR count). The molecule has 0 aromatic heterocycles. The predicted molar refractivity (Wildman–Crippen MR) is 147 cm³/mol. The monoisotopic (exact) mass is 466 g/mol. The molecule has 0 aliphatic carbocycles. The summed E-state index contributed by atoms with van der Waals surface area (Å²) >= 11 is 0. The van der Waals surface area contributed by atoms with Crippen LogP contribution in [0.1, 0.15) is 175 Å². The molecule has 2 nitrogen and oxygen atoms in total. The Morgan fingerprint density at radius 2 is 0.939 bits per heavy atom. The first-order chi connectivity index (χ1) is 16.1. The largest absolute Gasteiger partial charge is 0.465 e. The van der Waals surface area contributed by atoms with Crippen LogP contribution in [-0.4, -0.2) is 12.6 Å². The SMILES string of the molecule is CCCCCCCCCC(CCCCCCC)COC(=O)CCCCCCCCCC(C)C. The van der Waals surface area contributed by atoms with E-state index in [1.54, 1.807) is 0 Å². The standard InChI is InChI=1S/C31H62O2/c1-5-7-9-11-13-18-22-26-30(25-21-16-10-8-6-2)28-33-31(32)27-23-19-15-12-14-17-20-24-29(3)4/h29-30H,5-28H2,1-4H3. The molecule has 0 saturated heterocycles. The summed E-state index contributed by atoms with van der Waals surface area (Å²) in [6.45, 7) is 9.84. The van der Waals surface area contributed by atoms with Crippen LogP contribution in [0.3, 0.4) is 0 Å². The van der Waals surface area contributed by atoms with Crippen LogP contribution in [-0.2, 0) is 9.53 Å². The second-order valence-electron chi connectivity index (χ2n) is 11.1. The van der Waals surface area contributed by atoms with Crippen LogP contribution < -0.4 is 0 Å². The van der Waals surface area contributed by atoms with Crippen LogP contribution in [0.2, 0.25) is 0 Å². The number of unbranched alkanes of at least 4 members (excludes halogenated alkanes) is 16. The normalized spacial score (nSPS) is 12.4. The lowest BCUT2D eigenvalue weighted by atomic mass is 9.95. The third kappa shape index (κ3) is 25.9. The highest BCUT2D eigenvalue weighted by Gasteiger charge is 2.12. The van der Waals surface area contributed by atoms with E-state index in [2.05, 4.69) is 27.7 Å². The minimum absolute atomic E-state index is 0.0440. The summed E-state index contributed by atoms with van der Waals surface area (Å²) in [6, 6.07) is 0. The molecule has 0 saturated carbocycles. The number of hydrogen-bond donors (Lipinski definition) is 0. The first-order valence-corrected chi connectivity index (χ1v) is 15.3. The highest BCUT2D eigenvalue weighted by atomic mass is 16.5. The third-order valence-electron chi connectivity index (χ3n) is 7.07. The summed E-state index contributed by atoms with van der Waals surface area (Å²) in [5.41, 5.74) is 0. The van der Waals surface area contributed by atoms with Crippen molar-refractivity contribution >= 4 is 5.97 Å². The van der Waals surface area contributed by atoms with Crippen LogP contribution in [0.4, 0.5) is 0 Å². The van der Waals surface area contributed by atoms with Crippen LogP contribution in [0.25, 0.3) is 0 Å². The molecule has 0 heterocycles. The minimum atomic E-state index is 0.0440. The molecule has 198 valence electrons. The summed E-state index contributed by atoms with van der Waals surface area (Å²) in [5.74, 6) is 1.46. The Balaban J connectivity index is 3.88. The Hall–Kier alpha value is -0.530. The third-order valence-corrected chi connectivity index (χ3v) is 7.07. The van der Waals surface area contributed by atoms with Gasteiger partial charge in [-0.05, 0) is 31.1 Å². The Labute approximate surface area is 209 Å². The highest BCUT2D eigenvalue weighted by Crippen LogP contribution is 2.20. The molecule has 0 spiro atoms. The van der Waals surface area contributed by atoms with Gasteiger partial charge in [0, 0.05) is 6.42 Å².